The number of aliphatic hydroxyl groups excluding tert-OH is 1. The number of aliphatic hydroxyl groups is 1. The first-order chi connectivity index (χ1) is 29.0. The minimum atomic E-state index is -4.57. The van der Waals surface area contributed by atoms with E-state index in [1.807, 2.05) is 21.1 Å². The topological polar surface area (TPSA) is 108 Å². The Bertz CT molecular complexity index is 989. The number of allylic oxidation sites excluding steroid dienone is 2. The molecule has 0 rings (SSSR count). The fraction of sp³-hybridized carbons (Fsp3) is 0.941. The first-order valence-electron chi connectivity index (χ1n) is 26.0. The molecule has 0 aliphatic heterocycles. The number of amides is 1. The molecule has 0 radical (unpaired) electrons. The van der Waals surface area contributed by atoms with Crippen LogP contribution in [-0.2, 0) is 18.4 Å². The number of carbonyl (C=O) groups is 1. The molecule has 0 aliphatic rings. The van der Waals surface area contributed by atoms with Crippen molar-refractivity contribution in [2.45, 2.75) is 270 Å². The fourth-order valence-corrected chi connectivity index (χ4v) is 8.58. The van der Waals surface area contributed by atoms with Gasteiger partial charge in [-0.2, -0.15) is 0 Å². The molecule has 0 aromatic carbocycles. The van der Waals surface area contributed by atoms with Crippen LogP contribution in [0.15, 0.2) is 12.2 Å². The second kappa shape index (κ2) is 43.5. The third-order valence-corrected chi connectivity index (χ3v) is 13.0. The van der Waals surface area contributed by atoms with Gasteiger partial charge in [0.15, 0.2) is 0 Å². The molecule has 0 fully saturated rings. The molecule has 9 heteroatoms. The lowest BCUT2D eigenvalue weighted by Gasteiger charge is -2.30. The van der Waals surface area contributed by atoms with E-state index in [-0.39, 0.29) is 19.1 Å². The zero-order valence-corrected chi connectivity index (χ0v) is 41.6. The van der Waals surface area contributed by atoms with Crippen molar-refractivity contribution in [3.63, 3.8) is 0 Å². The average molecular weight is 871 g/mol. The molecule has 0 spiro atoms. The van der Waals surface area contributed by atoms with Crippen molar-refractivity contribution in [2.24, 2.45) is 0 Å². The van der Waals surface area contributed by atoms with Crippen LogP contribution < -0.4 is 10.2 Å². The second-order valence-electron chi connectivity index (χ2n) is 19.2. The van der Waals surface area contributed by atoms with Crippen LogP contribution in [0.25, 0.3) is 0 Å². The number of phosphoric acid groups is 1. The smallest absolute Gasteiger partial charge is 0.268 e. The first-order valence-corrected chi connectivity index (χ1v) is 27.5. The Kier molecular flexibility index (Phi) is 42.9. The van der Waals surface area contributed by atoms with Gasteiger partial charge >= 0.3 is 0 Å². The van der Waals surface area contributed by atoms with Crippen molar-refractivity contribution in [2.75, 3.05) is 40.9 Å². The van der Waals surface area contributed by atoms with Crippen molar-refractivity contribution < 1.29 is 32.9 Å². The van der Waals surface area contributed by atoms with E-state index in [1.165, 1.54) is 193 Å². The van der Waals surface area contributed by atoms with E-state index in [2.05, 4.69) is 31.3 Å². The zero-order valence-electron chi connectivity index (χ0n) is 40.7. The van der Waals surface area contributed by atoms with Crippen molar-refractivity contribution in [3.05, 3.63) is 12.2 Å². The Morgan fingerprint density at radius 2 is 0.917 bits per heavy atom. The summed E-state index contributed by atoms with van der Waals surface area (Å²) in [7, 11) is 1.31. The van der Waals surface area contributed by atoms with E-state index in [0.29, 0.717) is 23.9 Å². The minimum Gasteiger partial charge on any atom is -0.756 e. The Morgan fingerprint density at radius 3 is 1.30 bits per heavy atom. The Morgan fingerprint density at radius 1 is 0.567 bits per heavy atom. The summed E-state index contributed by atoms with van der Waals surface area (Å²) in [6.45, 7) is 4.75. The number of unbranched alkanes of at least 4 members (excludes halogenated alkanes) is 33. The van der Waals surface area contributed by atoms with Crippen LogP contribution in [-0.4, -0.2) is 68.5 Å². The molecular formula is C51H103N2O6P. The summed E-state index contributed by atoms with van der Waals surface area (Å²) in [5.74, 6) is -0.166. The number of nitrogens with zero attached hydrogens (tertiary/aromatic N) is 1. The molecule has 60 heavy (non-hydrogen) atoms. The Labute approximate surface area is 373 Å². The van der Waals surface area contributed by atoms with Crippen LogP contribution >= 0.6 is 7.82 Å². The monoisotopic (exact) mass is 871 g/mol. The summed E-state index contributed by atoms with van der Waals surface area (Å²) in [5.41, 5.74) is 0. The van der Waals surface area contributed by atoms with E-state index >= 15 is 0 Å². The highest BCUT2D eigenvalue weighted by atomic mass is 31.2. The molecule has 3 unspecified atom stereocenters. The molecule has 0 heterocycles. The van der Waals surface area contributed by atoms with E-state index < -0.39 is 20.0 Å². The number of phosphoric ester groups is 1. The van der Waals surface area contributed by atoms with Gasteiger partial charge in [0.1, 0.15) is 13.2 Å². The van der Waals surface area contributed by atoms with Crippen LogP contribution in [0.1, 0.15) is 258 Å². The lowest BCUT2D eigenvalue weighted by Crippen LogP contribution is -2.46. The molecule has 0 bridgehead atoms. The van der Waals surface area contributed by atoms with E-state index in [9.17, 15) is 19.4 Å². The second-order valence-corrected chi connectivity index (χ2v) is 20.6. The summed E-state index contributed by atoms with van der Waals surface area (Å²) in [4.78, 5) is 25.4. The highest BCUT2D eigenvalue weighted by Gasteiger charge is 2.24. The number of rotatable bonds is 48. The summed E-state index contributed by atoms with van der Waals surface area (Å²) in [6.07, 6.45) is 50.8. The van der Waals surface area contributed by atoms with Gasteiger partial charge in [-0.1, -0.05) is 225 Å². The largest absolute Gasteiger partial charge is 0.756 e. The van der Waals surface area contributed by atoms with Gasteiger partial charge in [0, 0.05) is 6.42 Å². The van der Waals surface area contributed by atoms with Gasteiger partial charge in [-0.15, -0.1) is 0 Å². The highest BCUT2D eigenvalue weighted by Crippen LogP contribution is 2.38. The molecule has 0 aromatic rings. The quantitative estimate of drug-likeness (QED) is 0.0273. The van der Waals surface area contributed by atoms with Crippen LogP contribution in [0.3, 0.4) is 0 Å². The van der Waals surface area contributed by atoms with E-state index in [1.54, 1.807) is 0 Å². The number of quaternary nitrogens is 1. The third-order valence-electron chi connectivity index (χ3n) is 12.0. The maximum absolute atomic E-state index is 12.9. The van der Waals surface area contributed by atoms with Crippen LogP contribution in [0.5, 0.6) is 0 Å². The predicted molar refractivity (Wildman–Crippen MR) is 256 cm³/mol. The van der Waals surface area contributed by atoms with Crippen LogP contribution in [0.2, 0.25) is 0 Å². The molecule has 8 nitrogen and oxygen atoms in total. The van der Waals surface area contributed by atoms with E-state index in [4.69, 9.17) is 9.05 Å². The maximum atomic E-state index is 12.9. The maximum Gasteiger partial charge on any atom is 0.268 e. The van der Waals surface area contributed by atoms with Gasteiger partial charge < -0.3 is 28.8 Å². The van der Waals surface area contributed by atoms with Gasteiger partial charge in [0.25, 0.3) is 7.82 Å². The molecular weight excluding hydrogens is 768 g/mol. The molecule has 358 valence electrons. The molecule has 0 aliphatic carbocycles. The lowest BCUT2D eigenvalue weighted by molar-refractivity contribution is -0.870. The summed E-state index contributed by atoms with van der Waals surface area (Å²) < 4.78 is 23.4. The average Bonchev–Trinajstić information content (AvgIpc) is 3.20. The van der Waals surface area contributed by atoms with Crippen molar-refractivity contribution in [1.82, 2.24) is 5.32 Å². The van der Waals surface area contributed by atoms with Gasteiger partial charge in [0.2, 0.25) is 5.91 Å². The number of carbonyl (C=O) groups excluding carboxylic acids is 1. The number of hydrogen-bond acceptors (Lipinski definition) is 6. The molecule has 3 atom stereocenters. The van der Waals surface area contributed by atoms with Crippen molar-refractivity contribution in [3.8, 4) is 0 Å². The first kappa shape index (κ1) is 59.2. The predicted octanol–water partition coefficient (Wildman–Crippen LogP) is 14.5. The lowest BCUT2D eigenvalue weighted by atomic mass is 10.0. The summed E-state index contributed by atoms with van der Waals surface area (Å²) in [6, 6.07) is -0.799. The summed E-state index contributed by atoms with van der Waals surface area (Å²) in [5, 5.41) is 14.0. The SMILES string of the molecule is CCCCCCCCCCCCC/C=C\CCCCCCCCCC(=O)NC(COP(=O)([O-])OCC[N+](C)(C)C)C(O)CCCCCCCCCCCCCCCCCC. The minimum absolute atomic E-state index is 0.0135. The summed E-state index contributed by atoms with van der Waals surface area (Å²) >= 11 is 0. The molecule has 0 saturated heterocycles. The molecule has 0 aromatic heterocycles. The fourth-order valence-electron chi connectivity index (χ4n) is 7.86. The van der Waals surface area contributed by atoms with Gasteiger partial charge in [-0.05, 0) is 38.5 Å². The molecule has 1 amide bonds. The Hall–Kier alpha value is -0.760. The number of hydrogen-bond donors (Lipinski definition) is 2. The number of nitrogens with one attached hydrogen (secondary N) is 1. The molecule has 0 saturated carbocycles. The van der Waals surface area contributed by atoms with Crippen molar-refractivity contribution in [1.29, 1.82) is 0 Å². The third kappa shape index (κ3) is 45.3. The zero-order chi connectivity index (χ0) is 44.3. The molecule has 2 N–H and O–H groups in total. The highest BCUT2D eigenvalue weighted by molar-refractivity contribution is 7.45. The van der Waals surface area contributed by atoms with Gasteiger partial charge in [0.05, 0.1) is 39.9 Å². The van der Waals surface area contributed by atoms with Gasteiger partial charge in [-0.25, -0.2) is 0 Å². The van der Waals surface area contributed by atoms with Crippen LogP contribution in [0, 0.1) is 0 Å². The number of likely N-dealkylation sites (N-methyl/N-ethyl adjacent to an activating group) is 1. The van der Waals surface area contributed by atoms with Crippen LogP contribution in [0.4, 0.5) is 0 Å². The van der Waals surface area contributed by atoms with Gasteiger partial charge in [-0.3, -0.25) is 9.36 Å². The van der Waals surface area contributed by atoms with Crippen molar-refractivity contribution >= 4 is 13.7 Å². The Balaban J connectivity index is 4.22. The normalized spacial score (nSPS) is 14.2. The standard InChI is InChI=1S/C51H103N2O6P/c1-6-8-10-12-14-16-18-20-22-24-25-26-27-28-29-31-33-35-37-39-41-43-45-51(55)52-49(48-59-60(56,57)58-47-46-53(3,4)5)50(54)44-42-40-38-36-34-32-30-23-21-19-17-15-13-11-9-7-2/h27-28,49-50,54H,6-26,29-48H2,1-5H3,(H-,52,55,56,57)/b28-27-. The van der Waals surface area contributed by atoms with E-state index in [0.717, 1.165) is 38.5 Å².